The van der Waals surface area contributed by atoms with E-state index in [4.69, 9.17) is 0 Å². The number of amides is 1. The lowest BCUT2D eigenvalue weighted by atomic mass is 10.00. The van der Waals surface area contributed by atoms with Gasteiger partial charge in [0.15, 0.2) is 5.82 Å². The number of aliphatic hydroxyl groups is 1. The lowest BCUT2D eigenvalue weighted by Gasteiger charge is -2.29. The summed E-state index contributed by atoms with van der Waals surface area (Å²) in [6.07, 6.45) is 0.714. The van der Waals surface area contributed by atoms with Crippen molar-refractivity contribution in [2.45, 2.75) is 12.1 Å². The van der Waals surface area contributed by atoms with Gasteiger partial charge in [-0.05, 0) is 17.7 Å². The zero-order valence-electron chi connectivity index (χ0n) is 10.1. The molecule has 3 rings (SSSR count). The van der Waals surface area contributed by atoms with Gasteiger partial charge in [0, 0.05) is 6.20 Å². The Labute approximate surface area is 110 Å². The monoisotopic (exact) mass is 255 g/mol. The number of fused-ring (bicyclic) bond motifs is 1. The molecule has 2 heterocycles. The maximum atomic E-state index is 12.0. The van der Waals surface area contributed by atoms with E-state index in [0.29, 0.717) is 17.1 Å². The smallest absolute Gasteiger partial charge is 0.250 e. The third-order valence-corrected chi connectivity index (χ3v) is 3.10. The molecule has 0 radical (unpaired) electrons. The van der Waals surface area contributed by atoms with Crippen molar-refractivity contribution >= 4 is 17.4 Å². The fourth-order valence-electron chi connectivity index (χ4n) is 2.11. The average molecular weight is 255 g/mol. The van der Waals surface area contributed by atoms with E-state index >= 15 is 0 Å². The topological polar surface area (TPSA) is 74.2 Å². The molecule has 96 valence electrons. The maximum Gasteiger partial charge on any atom is 0.250 e. The molecule has 0 fully saturated rings. The second-order valence-electron chi connectivity index (χ2n) is 4.37. The first-order valence-corrected chi connectivity index (χ1v) is 6.01. The van der Waals surface area contributed by atoms with E-state index in [-0.39, 0.29) is 5.91 Å². The van der Waals surface area contributed by atoms with E-state index in [9.17, 15) is 9.90 Å². The molecule has 1 amide bonds. The molecule has 0 saturated heterocycles. The number of hydrogen-bond donors (Lipinski definition) is 3. The summed E-state index contributed by atoms with van der Waals surface area (Å²) in [7, 11) is 0. The van der Waals surface area contributed by atoms with Crippen LogP contribution in [0.4, 0.5) is 11.5 Å². The molecule has 5 heteroatoms. The van der Waals surface area contributed by atoms with Crippen LogP contribution in [0, 0.1) is 0 Å². The summed E-state index contributed by atoms with van der Waals surface area (Å²) in [6, 6.07) is 11.8. The third kappa shape index (κ3) is 2.15. The summed E-state index contributed by atoms with van der Waals surface area (Å²) >= 11 is 0. The highest BCUT2D eigenvalue weighted by molar-refractivity contribution is 6.02. The minimum atomic E-state index is -0.920. The Kier molecular flexibility index (Phi) is 2.89. The summed E-state index contributed by atoms with van der Waals surface area (Å²) < 4.78 is 0. The molecule has 5 nitrogen and oxygen atoms in total. The first-order chi connectivity index (χ1) is 9.25. The lowest BCUT2D eigenvalue weighted by molar-refractivity contribution is -0.119. The number of nitrogens with zero attached hydrogens (tertiary/aromatic N) is 1. The van der Waals surface area contributed by atoms with Crippen LogP contribution in [0.5, 0.6) is 0 Å². The molecular weight excluding hydrogens is 242 g/mol. The Hall–Kier alpha value is -2.40. The molecule has 2 aromatic rings. The number of carbonyl (C=O) groups is 1. The fourth-order valence-corrected chi connectivity index (χ4v) is 2.11. The standard InChI is InChI=1S/C14H13N3O2/c18-12(9-5-2-1-3-6-9)11-14(19)16-10-7-4-8-15-13(10)17-11/h1-8,11-12,18H,(H,15,17)(H,16,19)/t11-,12+/m1/s1. The molecule has 2 atom stereocenters. The Morgan fingerprint density at radius 2 is 1.95 bits per heavy atom. The van der Waals surface area contributed by atoms with Gasteiger partial charge in [0.05, 0.1) is 5.69 Å². The minimum Gasteiger partial charge on any atom is -0.386 e. The van der Waals surface area contributed by atoms with Crippen LogP contribution in [0.25, 0.3) is 0 Å². The van der Waals surface area contributed by atoms with E-state index in [2.05, 4.69) is 15.6 Å². The highest BCUT2D eigenvalue weighted by atomic mass is 16.3. The van der Waals surface area contributed by atoms with Crippen LogP contribution in [0.1, 0.15) is 11.7 Å². The van der Waals surface area contributed by atoms with Gasteiger partial charge < -0.3 is 15.7 Å². The largest absolute Gasteiger partial charge is 0.386 e. The molecule has 0 unspecified atom stereocenters. The number of benzene rings is 1. The maximum absolute atomic E-state index is 12.0. The third-order valence-electron chi connectivity index (χ3n) is 3.10. The predicted octanol–water partition coefficient (Wildman–Crippen LogP) is 1.55. The first kappa shape index (κ1) is 11.7. The summed E-state index contributed by atoms with van der Waals surface area (Å²) in [6.45, 7) is 0. The molecule has 3 N–H and O–H groups in total. The van der Waals surface area contributed by atoms with E-state index < -0.39 is 12.1 Å². The second-order valence-corrected chi connectivity index (χ2v) is 4.37. The van der Waals surface area contributed by atoms with Gasteiger partial charge in [0.2, 0.25) is 5.91 Å². The van der Waals surface area contributed by atoms with E-state index in [1.54, 1.807) is 30.5 Å². The molecule has 1 aromatic heterocycles. The summed E-state index contributed by atoms with van der Waals surface area (Å²) in [5.74, 6) is 0.305. The van der Waals surface area contributed by atoms with Crippen molar-refractivity contribution in [1.82, 2.24) is 4.98 Å². The van der Waals surface area contributed by atoms with Crippen molar-refractivity contribution in [3.8, 4) is 0 Å². The number of aromatic nitrogens is 1. The number of pyridine rings is 1. The highest BCUT2D eigenvalue weighted by Gasteiger charge is 2.32. The second kappa shape index (κ2) is 4.70. The molecule has 19 heavy (non-hydrogen) atoms. The molecule has 0 aliphatic carbocycles. The van der Waals surface area contributed by atoms with Crippen molar-refractivity contribution in [3.05, 3.63) is 54.2 Å². The van der Waals surface area contributed by atoms with Gasteiger partial charge in [0.25, 0.3) is 0 Å². The van der Waals surface area contributed by atoms with Crippen LogP contribution >= 0.6 is 0 Å². The van der Waals surface area contributed by atoms with Crippen molar-refractivity contribution in [2.75, 3.05) is 10.6 Å². The quantitative estimate of drug-likeness (QED) is 0.761. The van der Waals surface area contributed by atoms with Gasteiger partial charge in [-0.25, -0.2) is 4.98 Å². The zero-order chi connectivity index (χ0) is 13.2. The summed E-state index contributed by atoms with van der Waals surface area (Å²) in [5.41, 5.74) is 1.32. The molecule has 1 aliphatic rings. The molecule has 1 aromatic carbocycles. The molecule has 0 bridgehead atoms. The van der Waals surface area contributed by atoms with Crippen LogP contribution in [0.15, 0.2) is 48.7 Å². The number of anilines is 2. The molecule has 0 saturated carbocycles. The van der Waals surface area contributed by atoms with Crippen molar-refractivity contribution in [2.24, 2.45) is 0 Å². The van der Waals surface area contributed by atoms with Crippen LogP contribution in [-0.2, 0) is 4.79 Å². The predicted molar refractivity (Wildman–Crippen MR) is 71.7 cm³/mol. The van der Waals surface area contributed by atoms with Gasteiger partial charge in [-0.2, -0.15) is 0 Å². The average Bonchev–Trinajstić information content (AvgIpc) is 2.47. The minimum absolute atomic E-state index is 0.267. The van der Waals surface area contributed by atoms with Crippen LogP contribution in [0.2, 0.25) is 0 Å². The van der Waals surface area contributed by atoms with Crippen molar-refractivity contribution in [3.63, 3.8) is 0 Å². The molecule has 0 spiro atoms. The number of carbonyl (C=O) groups excluding carboxylic acids is 1. The van der Waals surface area contributed by atoms with Gasteiger partial charge >= 0.3 is 0 Å². The summed E-state index contributed by atoms with van der Waals surface area (Å²) in [5, 5.41) is 16.0. The van der Waals surface area contributed by atoms with Gasteiger partial charge in [-0.1, -0.05) is 30.3 Å². The van der Waals surface area contributed by atoms with Crippen LogP contribution < -0.4 is 10.6 Å². The number of aliphatic hydroxyl groups excluding tert-OH is 1. The van der Waals surface area contributed by atoms with E-state index in [1.807, 2.05) is 18.2 Å². The summed E-state index contributed by atoms with van der Waals surface area (Å²) in [4.78, 5) is 16.2. The first-order valence-electron chi connectivity index (χ1n) is 6.01. The molecular formula is C14H13N3O2. The Balaban J connectivity index is 1.89. The SMILES string of the molecule is O=C1Nc2cccnc2N[C@@H]1[C@@H](O)c1ccccc1. The van der Waals surface area contributed by atoms with Crippen LogP contribution in [-0.4, -0.2) is 22.0 Å². The van der Waals surface area contributed by atoms with Gasteiger partial charge in [0.1, 0.15) is 12.1 Å². The number of hydrogen-bond acceptors (Lipinski definition) is 4. The normalized spacial score (nSPS) is 19.0. The van der Waals surface area contributed by atoms with E-state index in [1.165, 1.54) is 0 Å². The molecule has 1 aliphatic heterocycles. The Morgan fingerprint density at radius 1 is 1.16 bits per heavy atom. The number of nitrogens with one attached hydrogen (secondary N) is 2. The Bertz CT molecular complexity index is 601. The highest BCUT2D eigenvalue weighted by Crippen LogP contribution is 2.28. The zero-order valence-corrected chi connectivity index (χ0v) is 10.1. The van der Waals surface area contributed by atoms with Crippen LogP contribution in [0.3, 0.4) is 0 Å². The Morgan fingerprint density at radius 3 is 2.74 bits per heavy atom. The van der Waals surface area contributed by atoms with Crippen molar-refractivity contribution < 1.29 is 9.90 Å². The van der Waals surface area contributed by atoms with Gasteiger partial charge in [-0.3, -0.25) is 4.79 Å². The fraction of sp³-hybridized carbons (Fsp3) is 0.143. The van der Waals surface area contributed by atoms with Crippen molar-refractivity contribution in [1.29, 1.82) is 0 Å². The lowest BCUT2D eigenvalue weighted by Crippen LogP contribution is -2.43. The van der Waals surface area contributed by atoms with Gasteiger partial charge in [-0.15, -0.1) is 0 Å². The number of rotatable bonds is 2. The van der Waals surface area contributed by atoms with E-state index in [0.717, 1.165) is 0 Å².